The van der Waals surface area contributed by atoms with Crippen LogP contribution in [0.25, 0.3) is 0 Å². The normalized spacial score (nSPS) is 10.6. The van der Waals surface area contributed by atoms with Crippen molar-refractivity contribution in [2.75, 3.05) is 12.8 Å². The van der Waals surface area contributed by atoms with Gasteiger partial charge in [-0.05, 0) is 17.7 Å². The first-order chi connectivity index (χ1) is 9.38. The van der Waals surface area contributed by atoms with E-state index in [-0.39, 0.29) is 11.6 Å². The minimum atomic E-state index is -0.255. The highest BCUT2D eigenvalue weighted by Gasteiger charge is 2.19. The topological polar surface area (TPSA) is 64.2 Å². The summed E-state index contributed by atoms with van der Waals surface area (Å²) in [4.78, 5) is 13.8. The summed E-state index contributed by atoms with van der Waals surface area (Å²) in [5.41, 5.74) is 7.15. The average molecular weight is 313 g/mol. The molecule has 1 heterocycles. The maximum atomic E-state index is 12.3. The smallest absolute Gasteiger partial charge is 0.276 e. The Morgan fingerprint density at radius 1 is 1.45 bits per heavy atom. The summed E-state index contributed by atoms with van der Waals surface area (Å²) in [6.07, 6.45) is 1.59. The molecule has 1 aromatic carbocycles. The van der Waals surface area contributed by atoms with E-state index in [4.69, 9.17) is 28.9 Å². The van der Waals surface area contributed by atoms with Crippen LogP contribution < -0.4 is 5.73 Å². The molecule has 0 radical (unpaired) electrons. The lowest BCUT2D eigenvalue weighted by Crippen LogP contribution is -2.27. The number of aromatic nitrogens is 2. The van der Waals surface area contributed by atoms with Crippen molar-refractivity contribution >= 4 is 34.8 Å². The van der Waals surface area contributed by atoms with Gasteiger partial charge in [0.25, 0.3) is 5.91 Å². The third-order valence-electron chi connectivity index (χ3n) is 2.83. The molecule has 0 bridgehead atoms. The summed E-state index contributed by atoms with van der Waals surface area (Å²) in [5.74, 6) is -0.255. The largest absolute Gasteiger partial charge is 0.396 e. The zero-order valence-corrected chi connectivity index (χ0v) is 12.6. The number of hydrogen-bond donors (Lipinski definition) is 1. The Morgan fingerprint density at radius 2 is 2.15 bits per heavy atom. The summed E-state index contributed by atoms with van der Waals surface area (Å²) >= 11 is 11.9. The van der Waals surface area contributed by atoms with Gasteiger partial charge < -0.3 is 10.6 Å². The molecule has 2 rings (SSSR count). The van der Waals surface area contributed by atoms with Crippen LogP contribution in [0.15, 0.2) is 24.4 Å². The van der Waals surface area contributed by atoms with Gasteiger partial charge >= 0.3 is 0 Å². The third kappa shape index (κ3) is 3.05. The molecule has 0 saturated heterocycles. The first kappa shape index (κ1) is 14.7. The number of nitrogens with zero attached hydrogens (tertiary/aromatic N) is 3. The number of carbonyl (C=O) groups excluding carboxylic acids is 1. The molecule has 2 N–H and O–H groups in total. The molecule has 106 valence electrons. The van der Waals surface area contributed by atoms with E-state index in [0.29, 0.717) is 22.3 Å². The highest BCUT2D eigenvalue weighted by Crippen LogP contribution is 2.22. The average Bonchev–Trinajstić information content (AvgIpc) is 2.71. The van der Waals surface area contributed by atoms with Gasteiger partial charge in [-0.25, -0.2) is 0 Å². The molecule has 1 aromatic heterocycles. The number of nitrogens with two attached hydrogens (primary N) is 1. The summed E-state index contributed by atoms with van der Waals surface area (Å²) in [6.45, 7) is 0.352. The van der Waals surface area contributed by atoms with E-state index < -0.39 is 0 Å². The maximum absolute atomic E-state index is 12.3. The third-order valence-corrected chi connectivity index (χ3v) is 3.42. The van der Waals surface area contributed by atoms with Crippen LogP contribution in [0.5, 0.6) is 0 Å². The minimum absolute atomic E-state index is 0.236. The number of aryl methyl sites for hydroxylation is 1. The SMILES string of the molecule is CN(Cc1ccc(Cl)cc1Cl)C(=O)c1nn(C)cc1N. The van der Waals surface area contributed by atoms with Crippen LogP contribution >= 0.6 is 23.2 Å². The Bertz CT molecular complexity index is 654. The van der Waals surface area contributed by atoms with Crippen LogP contribution in [0.3, 0.4) is 0 Å². The lowest BCUT2D eigenvalue weighted by atomic mass is 10.2. The second kappa shape index (κ2) is 5.73. The monoisotopic (exact) mass is 312 g/mol. The quantitative estimate of drug-likeness (QED) is 0.947. The number of hydrogen-bond acceptors (Lipinski definition) is 3. The van der Waals surface area contributed by atoms with Gasteiger partial charge in [-0.1, -0.05) is 29.3 Å². The molecule has 20 heavy (non-hydrogen) atoms. The summed E-state index contributed by atoms with van der Waals surface area (Å²) in [5, 5.41) is 5.13. The molecule has 5 nitrogen and oxygen atoms in total. The van der Waals surface area contributed by atoms with E-state index in [1.807, 2.05) is 0 Å². The fraction of sp³-hybridized carbons (Fsp3) is 0.231. The van der Waals surface area contributed by atoms with Gasteiger partial charge in [-0.15, -0.1) is 0 Å². The lowest BCUT2D eigenvalue weighted by molar-refractivity contribution is 0.0779. The van der Waals surface area contributed by atoms with Crippen LogP contribution in [-0.4, -0.2) is 27.6 Å². The van der Waals surface area contributed by atoms with Crippen molar-refractivity contribution in [1.82, 2.24) is 14.7 Å². The second-order valence-corrected chi connectivity index (χ2v) is 5.35. The number of benzene rings is 1. The molecule has 1 amide bonds. The summed E-state index contributed by atoms with van der Waals surface area (Å²) in [7, 11) is 3.38. The zero-order chi connectivity index (χ0) is 14.9. The van der Waals surface area contributed by atoms with Crippen LogP contribution in [0.1, 0.15) is 16.1 Å². The Kier molecular flexibility index (Phi) is 4.20. The lowest BCUT2D eigenvalue weighted by Gasteiger charge is -2.17. The number of anilines is 1. The van der Waals surface area contributed by atoms with Crippen LogP contribution in [0.2, 0.25) is 10.0 Å². The van der Waals surface area contributed by atoms with Crippen molar-refractivity contribution in [1.29, 1.82) is 0 Å². The Morgan fingerprint density at radius 3 is 2.70 bits per heavy atom. The Balaban J connectivity index is 2.17. The van der Waals surface area contributed by atoms with Gasteiger partial charge in [0.2, 0.25) is 0 Å². The molecular formula is C13H14Cl2N4O. The van der Waals surface area contributed by atoms with Crippen molar-refractivity contribution in [2.24, 2.45) is 7.05 Å². The second-order valence-electron chi connectivity index (χ2n) is 4.50. The van der Waals surface area contributed by atoms with Crippen LogP contribution in [0, 0.1) is 0 Å². The highest BCUT2D eigenvalue weighted by molar-refractivity contribution is 6.35. The Labute approximate surface area is 126 Å². The molecule has 0 aliphatic heterocycles. The van der Waals surface area contributed by atoms with Gasteiger partial charge in [0.15, 0.2) is 5.69 Å². The molecule has 0 spiro atoms. The van der Waals surface area contributed by atoms with Crippen molar-refractivity contribution in [3.05, 3.63) is 45.7 Å². The fourth-order valence-electron chi connectivity index (χ4n) is 1.83. The van der Waals surface area contributed by atoms with Crippen molar-refractivity contribution in [2.45, 2.75) is 6.54 Å². The maximum Gasteiger partial charge on any atom is 0.276 e. The van der Waals surface area contributed by atoms with E-state index in [9.17, 15) is 4.79 Å². The van der Waals surface area contributed by atoms with Gasteiger partial charge in [0.1, 0.15) is 0 Å². The fourth-order valence-corrected chi connectivity index (χ4v) is 2.30. The molecule has 0 aliphatic carbocycles. The predicted molar refractivity (Wildman–Crippen MR) is 79.9 cm³/mol. The van der Waals surface area contributed by atoms with E-state index in [1.165, 1.54) is 9.58 Å². The minimum Gasteiger partial charge on any atom is -0.396 e. The molecule has 7 heteroatoms. The van der Waals surface area contributed by atoms with Crippen molar-refractivity contribution in [3.63, 3.8) is 0 Å². The molecule has 2 aromatic rings. The molecule has 0 aliphatic rings. The van der Waals surface area contributed by atoms with E-state index in [1.54, 1.807) is 38.5 Å². The predicted octanol–water partition coefficient (Wildman–Crippen LogP) is 2.58. The van der Waals surface area contributed by atoms with Crippen LogP contribution in [-0.2, 0) is 13.6 Å². The molecule has 0 atom stereocenters. The van der Waals surface area contributed by atoms with Gasteiger partial charge in [0, 0.05) is 36.9 Å². The molecule has 0 saturated carbocycles. The van der Waals surface area contributed by atoms with Crippen LogP contribution in [0.4, 0.5) is 5.69 Å². The molecule has 0 fully saturated rings. The Hall–Kier alpha value is -1.72. The van der Waals surface area contributed by atoms with Crippen molar-refractivity contribution < 1.29 is 4.79 Å². The molecule has 0 unspecified atom stereocenters. The number of carbonyl (C=O) groups is 1. The first-order valence-electron chi connectivity index (χ1n) is 5.87. The number of rotatable bonds is 3. The van der Waals surface area contributed by atoms with Gasteiger partial charge in [0.05, 0.1) is 5.69 Å². The summed E-state index contributed by atoms with van der Waals surface area (Å²) in [6, 6.07) is 5.17. The van der Waals surface area contributed by atoms with E-state index in [0.717, 1.165) is 5.56 Å². The van der Waals surface area contributed by atoms with Gasteiger partial charge in [-0.3, -0.25) is 9.48 Å². The van der Waals surface area contributed by atoms with Crippen molar-refractivity contribution in [3.8, 4) is 0 Å². The van der Waals surface area contributed by atoms with Gasteiger partial charge in [-0.2, -0.15) is 5.10 Å². The number of nitrogen functional groups attached to an aromatic ring is 1. The van der Waals surface area contributed by atoms with E-state index in [2.05, 4.69) is 5.10 Å². The zero-order valence-electron chi connectivity index (χ0n) is 11.1. The highest BCUT2D eigenvalue weighted by atomic mass is 35.5. The number of halogens is 2. The first-order valence-corrected chi connectivity index (χ1v) is 6.62. The standard InChI is InChI=1S/C13H14Cl2N4O/c1-18(6-8-3-4-9(14)5-10(8)15)13(20)12-11(16)7-19(2)17-12/h3-5,7H,6,16H2,1-2H3. The molecular weight excluding hydrogens is 299 g/mol. The number of amides is 1. The summed E-state index contributed by atoms with van der Waals surface area (Å²) < 4.78 is 1.51. The van der Waals surface area contributed by atoms with E-state index >= 15 is 0 Å².